The lowest BCUT2D eigenvalue weighted by atomic mass is 9.92. The third kappa shape index (κ3) is 4.06. The molecule has 0 aromatic carbocycles. The molecule has 2 heterocycles. The Morgan fingerprint density at radius 1 is 1.36 bits per heavy atom. The van der Waals surface area contributed by atoms with Crippen LogP contribution in [0.15, 0.2) is 24.4 Å². The van der Waals surface area contributed by atoms with Crippen LogP contribution in [0.3, 0.4) is 0 Å². The van der Waals surface area contributed by atoms with Crippen LogP contribution in [-0.2, 0) is 6.54 Å². The molecule has 2 N–H and O–H groups in total. The number of nitrogens with zero attached hydrogens (tertiary/aromatic N) is 2. The molecule has 22 heavy (non-hydrogen) atoms. The molecule has 4 heteroatoms. The highest BCUT2D eigenvalue weighted by Crippen LogP contribution is 2.29. The van der Waals surface area contributed by atoms with Gasteiger partial charge in [0.1, 0.15) is 0 Å². The van der Waals surface area contributed by atoms with Crippen molar-refractivity contribution in [2.45, 2.75) is 57.2 Å². The predicted molar refractivity (Wildman–Crippen MR) is 88.5 cm³/mol. The van der Waals surface area contributed by atoms with Gasteiger partial charge < -0.3 is 10.4 Å². The number of aliphatic hydroxyl groups is 1. The standard InChI is InChI=1S/C18H29N3O/c1-15-12-21(13-16-6-2-5-10-19-16)11-7-17(15)20-14-18(22)8-3-4-9-18/h2,5-6,10,15,17,20,22H,3-4,7-9,11-14H2,1H3. The van der Waals surface area contributed by atoms with Gasteiger partial charge in [-0.05, 0) is 37.3 Å². The van der Waals surface area contributed by atoms with Crippen molar-refractivity contribution >= 4 is 0 Å². The first-order valence-electron chi connectivity index (χ1n) is 8.73. The lowest BCUT2D eigenvalue weighted by Crippen LogP contribution is -2.51. The number of pyridine rings is 1. The first kappa shape index (κ1) is 15.9. The summed E-state index contributed by atoms with van der Waals surface area (Å²) in [5.74, 6) is 0.613. The largest absolute Gasteiger partial charge is 0.389 e. The van der Waals surface area contributed by atoms with Gasteiger partial charge in [0.05, 0.1) is 11.3 Å². The van der Waals surface area contributed by atoms with Gasteiger partial charge in [-0.1, -0.05) is 25.8 Å². The fourth-order valence-corrected chi connectivity index (χ4v) is 3.93. The monoisotopic (exact) mass is 303 g/mol. The summed E-state index contributed by atoms with van der Waals surface area (Å²) in [6.45, 7) is 6.24. The third-order valence-electron chi connectivity index (χ3n) is 5.33. The van der Waals surface area contributed by atoms with Crippen LogP contribution in [-0.4, -0.2) is 46.3 Å². The summed E-state index contributed by atoms with van der Waals surface area (Å²) in [4.78, 5) is 6.92. The summed E-state index contributed by atoms with van der Waals surface area (Å²) in [5, 5.41) is 14.1. The highest BCUT2D eigenvalue weighted by molar-refractivity contribution is 5.03. The summed E-state index contributed by atoms with van der Waals surface area (Å²) in [6.07, 6.45) is 7.31. The SMILES string of the molecule is CC1CN(Cc2ccccn2)CCC1NCC1(O)CCCC1. The number of aromatic nitrogens is 1. The van der Waals surface area contributed by atoms with Gasteiger partial charge in [-0.15, -0.1) is 0 Å². The second-order valence-corrected chi connectivity index (χ2v) is 7.24. The summed E-state index contributed by atoms with van der Waals surface area (Å²) >= 11 is 0. The van der Waals surface area contributed by atoms with Crippen LogP contribution in [0.25, 0.3) is 0 Å². The maximum absolute atomic E-state index is 10.5. The van der Waals surface area contributed by atoms with Crippen LogP contribution < -0.4 is 5.32 Å². The Morgan fingerprint density at radius 3 is 2.86 bits per heavy atom. The second kappa shape index (κ2) is 7.07. The minimum Gasteiger partial charge on any atom is -0.389 e. The van der Waals surface area contributed by atoms with Gasteiger partial charge in [0, 0.05) is 38.4 Å². The molecule has 1 aromatic rings. The van der Waals surface area contributed by atoms with Gasteiger partial charge >= 0.3 is 0 Å². The number of hydrogen-bond acceptors (Lipinski definition) is 4. The molecule has 2 fully saturated rings. The smallest absolute Gasteiger partial charge is 0.0771 e. The molecule has 0 amide bonds. The molecule has 2 atom stereocenters. The molecule has 1 saturated heterocycles. The van der Waals surface area contributed by atoms with E-state index in [-0.39, 0.29) is 0 Å². The van der Waals surface area contributed by atoms with Crippen LogP contribution >= 0.6 is 0 Å². The van der Waals surface area contributed by atoms with Crippen LogP contribution in [0.5, 0.6) is 0 Å². The van der Waals surface area contributed by atoms with Gasteiger partial charge in [-0.25, -0.2) is 0 Å². The van der Waals surface area contributed by atoms with E-state index in [0.717, 1.165) is 51.1 Å². The second-order valence-electron chi connectivity index (χ2n) is 7.24. The van der Waals surface area contributed by atoms with Gasteiger partial charge in [-0.2, -0.15) is 0 Å². The minimum atomic E-state index is -0.440. The molecule has 1 aliphatic heterocycles. The summed E-state index contributed by atoms with van der Waals surface area (Å²) in [6, 6.07) is 6.66. The van der Waals surface area contributed by atoms with E-state index in [1.165, 1.54) is 12.8 Å². The van der Waals surface area contributed by atoms with Crippen LogP contribution in [0, 0.1) is 5.92 Å². The lowest BCUT2D eigenvalue weighted by Gasteiger charge is -2.38. The van der Waals surface area contributed by atoms with E-state index >= 15 is 0 Å². The number of piperidine rings is 1. The average molecular weight is 303 g/mol. The van der Waals surface area contributed by atoms with Crippen molar-refractivity contribution in [3.05, 3.63) is 30.1 Å². The van der Waals surface area contributed by atoms with Crippen molar-refractivity contribution in [2.24, 2.45) is 5.92 Å². The molecule has 1 saturated carbocycles. The van der Waals surface area contributed by atoms with Crippen molar-refractivity contribution in [1.29, 1.82) is 0 Å². The summed E-state index contributed by atoms with van der Waals surface area (Å²) in [7, 11) is 0. The van der Waals surface area contributed by atoms with E-state index < -0.39 is 5.60 Å². The first-order valence-corrected chi connectivity index (χ1v) is 8.73. The number of hydrogen-bond donors (Lipinski definition) is 2. The molecule has 2 unspecified atom stereocenters. The Hall–Kier alpha value is -0.970. The van der Waals surface area contributed by atoms with Gasteiger partial charge in [-0.3, -0.25) is 9.88 Å². The Bertz CT molecular complexity index is 459. The highest BCUT2D eigenvalue weighted by Gasteiger charge is 2.33. The van der Waals surface area contributed by atoms with Crippen LogP contribution in [0.4, 0.5) is 0 Å². The number of likely N-dealkylation sites (tertiary alicyclic amines) is 1. The van der Waals surface area contributed by atoms with Gasteiger partial charge in [0.15, 0.2) is 0 Å². The Balaban J connectivity index is 1.45. The van der Waals surface area contributed by atoms with Crippen molar-refractivity contribution in [2.75, 3.05) is 19.6 Å². The van der Waals surface area contributed by atoms with E-state index in [4.69, 9.17) is 0 Å². The third-order valence-corrected chi connectivity index (χ3v) is 5.33. The minimum absolute atomic E-state index is 0.440. The normalized spacial score (nSPS) is 28.8. The fraction of sp³-hybridized carbons (Fsp3) is 0.722. The summed E-state index contributed by atoms with van der Waals surface area (Å²) < 4.78 is 0. The zero-order valence-corrected chi connectivity index (χ0v) is 13.7. The van der Waals surface area contributed by atoms with Crippen molar-refractivity contribution in [3.63, 3.8) is 0 Å². The van der Waals surface area contributed by atoms with Crippen molar-refractivity contribution in [3.8, 4) is 0 Å². The molecule has 0 bridgehead atoms. The van der Waals surface area contributed by atoms with E-state index in [9.17, 15) is 5.11 Å². The molecule has 1 aliphatic carbocycles. The molecule has 3 rings (SSSR count). The molecule has 4 nitrogen and oxygen atoms in total. The first-order chi connectivity index (χ1) is 10.6. The summed E-state index contributed by atoms with van der Waals surface area (Å²) in [5.41, 5.74) is 0.714. The van der Waals surface area contributed by atoms with Crippen molar-refractivity contribution in [1.82, 2.24) is 15.2 Å². The van der Waals surface area contributed by atoms with Crippen molar-refractivity contribution < 1.29 is 5.11 Å². The van der Waals surface area contributed by atoms with Crippen LogP contribution in [0.1, 0.15) is 44.7 Å². The number of rotatable bonds is 5. The van der Waals surface area contributed by atoms with E-state index in [1.807, 2.05) is 12.3 Å². The van der Waals surface area contributed by atoms with E-state index in [0.29, 0.717) is 12.0 Å². The van der Waals surface area contributed by atoms with Gasteiger partial charge in [0.25, 0.3) is 0 Å². The molecular formula is C18H29N3O. The Labute approximate surface area is 133 Å². The Morgan fingerprint density at radius 2 is 2.18 bits per heavy atom. The average Bonchev–Trinajstić information content (AvgIpc) is 2.95. The molecular weight excluding hydrogens is 274 g/mol. The maximum atomic E-state index is 10.5. The molecule has 0 spiro atoms. The fourth-order valence-electron chi connectivity index (χ4n) is 3.93. The highest BCUT2D eigenvalue weighted by atomic mass is 16.3. The Kier molecular flexibility index (Phi) is 5.11. The lowest BCUT2D eigenvalue weighted by molar-refractivity contribution is 0.0369. The zero-order chi connectivity index (χ0) is 15.4. The maximum Gasteiger partial charge on any atom is 0.0771 e. The van der Waals surface area contributed by atoms with Gasteiger partial charge in [0.2, 0.25) is 0 Å². The molecule has 122 valence electrons. The van der Waals surface area contributed by atoms with E-state index in [1.54, 1.807) is 0 Å². The quantitative estimate of drug-likeness (QED) is 0.875. The topological polar surface area (TPSA) is 48.4 Å². The molecule has 0 radical (unpaired) electrons. The van der Waals surface area contributed by atoms with E-state index in [2.05, 4.69) is 34.3 Å². The predicted octanol–water partition coefficient (Wildman–Crippen LogP) is 2.19. The zero-order valence-electron chi connectivity index (χ0n) is 13.7. The molecule has 1 aromatic heterocycles. The number of nitrogens with one attached hydrogen (secondary N) is 1. The molecule has 2 aliphatic rings. The van der Waals surface area contributed by atoms with Crippen LogP contribution in [0.2, 0.25) is 0 Å².